The van der Waals surface area contributed by atoms with E-state index in [1.807, 2.05) is 18.2 Å². The van der Waals surface area contributed by atoms with E-state index in [2.05, 4.69) is 32.1 Å². The fourth-order valence-corrected chi connectivity index (χ4v) is 3.79. The van der Waals surface area contributed by atoms with Gasteiger partial charge in [0.05, 0.1) is 5.02 Å². The Morgan fingerprint density at radius 1 is 1.42 bits per heavy atom. The molecule has 4 nitrogen and oxygen atoms in total. The van der Waals surface area contributed by atoms with Gasteiger partial charge in [0.25, 0.3) is 5.91 Å². The average Bonchev–Trinajstić information content (AvgIpc) is 2.74. The van der Waals surface area contributed by atoms with E-state index in [4.69, 9.17) is 23.8 Å². The molecule has 0 atom stereocenters. The van der Waals surface area contributed by atoms with E-state index in [-0.39, 0.29) is 5.91 Å². The van der Waals surface area contributed by atoms with Gasteiger partial charge in [0.1, 0.15) is 4.88 Å². The van der Waals surface area contributed by atoms with Gasteiger partial charge in [-0.15, -0.1) is 11.3 Å². The Hall–Kier alpha value is -0.890. The number of carbonyl (C=O) groups is 1. The number of amides is 1. The molecule has 0 aliphatic rings. The fourth-order valence-electron chi connectivity index (χ4n) is 1.45. The van der Waals surface area contributed by atoms with Crippen molar-refractivity contribution in [2.24, 2.45) is 0 Å². The van der Waals surface area contributed by atoms with Crippen LogP contribution in [0.25, 0.3) is 10.1 Å². The maximum atomic E-state index is 12.0. The summed E-state index contributed by atoms with van der Waals surface area (Å²) in [5.74, 6) is -0.323. The lowest BCUT2D eigenvalue weighted by Crippen LogP contribution is -2.45. The highest BCUT2D eigenvalue weighted by molar-refractivity contribution is 9.10. The van der Waals surface area contributed by atoms with Gasteiger partial charge >= 0.3 is 0 Å². The van der Waals surface area contributed by atoms with Crippen LogP contribution in [0.3, 0.4) is 0 Å². The van der Waals surface area contributed by atoms with Crippen LogP contribution in [0.4, 0.5) is 0 Å². The standard InChI is InChI=1S/C11H9BrClN3OS2/c1-14-11(18)16-15-10(17)9-8(13)7-5(12)3-2-4-6(7)19-9/h2-4H,1H3,(H,15,17)(H2,14,16,18). The van der Waals surface area contributed by atoms with Gasteiger partial charge in [0, 0.05) is 21.6 Å². The molecule has 8 heteroatoms. The SMILES string of the molecule is CNC(=S)NNC(=O)c1sc2cccc(Br)c2c1Cl. The first-order valence-electron chi connectivity index (χ1n) is 5.19. The molecule has 2 rings (SSSR count). The third kappa shape index (κ3) is 3.00. The van der Waals surface area contributed by atoms with E-state index in [9.17, 15) is 4.79 Å². The smallest absolute Gasteiger partial charge is 0.281 e. The number of hydrogen-bond donors (Lipinski definition) is 3. The summed E-state index contributed by atoms with van der Waals surface area (Å²) in [5.41, 5.74) is 5.06. The molecule has 0 spiro atoms. The lowest BCUT2D eigenvalue weighted by atomic mass is 10.2. The number of thiocarbonyl (C=S) groups is 1. The van der Waals surface area contributed by atoms with Crippen LogP contribution in [0.15, 0.2) is 22.7 Å². The molecule has 1 heterocycles. The van der Waals surface area contributed by atoms with Crippen LogP contribution in [0.2, 0.25) is 5.02 Å². The molecule has 0 saturated carbocycles. The molecule has 100 valence electrons. The highest BCUT2D eigenvalue weighted by atomic mass is 79.9. The molecule has 1 amide bonds. The molecule has 0 fully saturated rings. The molecule has 0 bridgehead atoms. The summed E-state index contributed by atoms with van der Waals surface area (Å²) in [6.45, 7) is 0. The minimum atomic E-state index is -0.323. The van der Waals surface area contributed by atoms with Gasteiger partial charge < -0.3 is 5.32 Å². The van der Waals surface area contributed by atoms with Crippen LogP contribution < -0.4 is 16.2 Å². The average molecular weight is 379 g/mol. The fraction of sp³-hybridized carbons (Fsp3) is 0.0909. The number of nitrogens with one attached hydrogen (secondary N) is 3. The molecule has 2 aromatic rings. The van der Waals surface area contributed by atoms with Gasteiger partial charge in [0.2, 0.25) is 0 Å². The number of halogens is 2. The normalized spacial score (nSPS) is 10.3. The summed E-state index contributed by atoms with van der Waals surface area (Å²) in [7, 11) is 1.66. The first-order chi connectivity index (χ1) is 9.04. The van der Waals surface area contributed by atoms with E-state index in [0.717, 1.165) is 14.6 Å². The second-order valence-electron chi connectivity index (χ2n) is 3.52. The molecule has 0 aliphatic carbocycles. The molecule has 0 aliphatic heterocycles. The molecule has 0 unspecified atom stereocenters. The topological polar surface area (TPSA) is 53.2 Å². The molecule has 19 heavy (non-hydrogen) atoms. The van der Waals surface area contributed by atoms with Crippen molar-refractivity contribution in [2.75, 3.05) is 7.05 Å². The largest absolute Gasteiger partial charge is 0.364 e. The number of benzene rings is 1. The number of hydrazine groups is 1. The Labute approximate surface area is 132 Å². The highest BCUT2D eigenvalue weighted by Crippen LogP contribution is 2.39. The third-order valence-electron chi connectivity index (χ3n) is 2.33. The molecular formula is C11H9BrClN3OS2. The maximum absolute atomic E-state index is 12.0. The zero-order valence-electron chi connectivity index (χ0n) is 9.71. The number of hydrogen-bond acceptors (Lipinski definition) is 3. The van der Waals surface area contributed by atoms with E-state index in [1.165, 1.54) is 11.3 Å². The van der Waals surface area contributed by atoms with Crippen molar-refractivity contribution >= 4 is 72.2 Å². The van der Waals surface area contributed by atoms with Gasteiger partial charge in [0.15, 0.2) is 5.11 Å². The summed E-state index contributed by atoms with van der Waals surface area (Å²) < 4.78 is 1.81. The van der Waals surface area contributed by atoms with Crippen molar-refractivity contribution in [2.45, 2.75) is 0 Å². The van der Waals surface area contributed by atoms with Gasteiger partial charge in [-0.3, -0.25) is 15.6 Å². The summed E-state index contributed by atoms with van der Waals surface area (Å²) in [6.07, 6.45) is 0. The van der Waals surface area contributed by atoms with Gasteiger partial charge in [-0.2, -0.15) is 0 Å². The molecule has 0 saturated heterocycles. The molecule has 3 N–H and O–H groups in total. The second kappa shape index (κ2) is 6.04. The zero-order chi connectivity index (χ0) is 14.0. The number of rotatable bonds is 1. The van der Waals surface area contributed by atoms with Crippen molar-refractivity contribution in [3.8, 4) is 0 Å². The van der Waals surface area contributed by atoms with E-state index < -0.39 is 0 Å². The van der Waals surface area contributed by atoms with Crippen LogP contribution in [0.5, 0.6) is 0 Å². The first kappa shape index (κ1) is 14.5. The predicted octanol–water partition coefficient (Wildman–Crippen LogP) is 3.06. The Bertz CT molecular complexity index is 659. The summed E-state index contributed by atoms with van der Waals surface area (Å²) in [5, 5.41) is 4.29. The van der Waals surface area contributed by atoms with E-state index in [0.29, 0.717) is 15.0 Å². The Balaban J connectivity index is 2.30. The van der Waals surface area contributed by atoms with Crippen molar-refractivity contribution in [3.63, 3.8) is 0 Å². The van der Waals surface area contributed by atoms with Crippen LogP contribution >= 0.6 is 51.1 Å². The predicted molar refractivity (Wildman–Crippen MR) is 86.8 cm³/mol. The molecule has 1 aromatic heterocycles. The Morgan fingerprint density at radius 2 is 2.16 bits per heavy atom. The second-order valence-corrected chi connectivity index (χ2v) is 6.21. The third-order valence-corrected chi connectivity index (χ3v) is 4.94. The van der Waals surface area contributed by atoms with Crippen molar-refractivity contribution in [3.05, 3.63) is 32.6 Å². The van der Waals surface area contributed by atoms with Crippen molar-refractivity contribution in [1.82, 2.24) is 16.2 Å². The van der Waals surface area contributed by atoms with Crippen LogP contribution in [-0.4, -0.2) is 18.1 Å². The highest BCUT2D eigenvalue weighted by Gasteiger charge is 2.18. The summed E-state index contributed by atoms with van der Waals surface area (Å²) in [4.78, 5) is 12.5. The maximum Gasteiger partial charge on any atom is 0.281 e. The molecule has 0 radical (unpaired) electrons. The van der Waals surface area contributed by atoms with E-state index in [1.54, 1.807) is 7.05 Å². The van der Waals surface area contributed by atoms with Crippen LogP contribution in [0.1, 0.15) is 9.67 Å². The van der Waals surface area contributed by atoms with E-state index >= 15 is 0 Å². The van der Waals surface area contributed by atoms with Crippen LogP contribution in [-0.2, 0) is 0 Å². The van der Waals surface area contributed by atoms with Gasteiger partial charge in [-0.25, -0.2) is 0 Å². The van der Waals surface area contributed by atoms with Crippen molar-refractivity contribution in [1.29, 1.82) is 0 Å². The lowest BCUT2D eigenvalue weighted by Gasteiger charge is -2.07. The Kier molecular flexibility index (Phi) is 4.62. The minimum absolute atomic E-state index is 0.323. The molecule has 1 aromatic carbocycles. The monoisotopic (exact) mass is 377 g/mol. The quantitative estimate of drug-likeness (QED) is 0.527. The van der Waals surface area contributed by atoms with Crippen LogP contribution in [0, 0.1) is 0 Å². The number of carbonyl (C=O) groups excluding carboxylic acids is 1. The van der Waals surface area contributed by atoms with Gasteiger partial charge in [-0.05, 0) is 24.4 Å². The summed E-state index contributed by atoms with van der Waals surface area (Å²) >= 11 is 15.9. The molecular weight excluding hydrogens is 370 g/mol. The number of thiophene rings is 1. The lowest BCUT2D eigenvalue weighted by molar-refractivity contribution is 0.0948. The van der Waals surface area contributed by atoms with Crippen molar-refractivity contribution < 1.29 is 4.79 Å². The Morgan fingerprint density at radius 3 is 2.79 bits per heavy atom. The minimum Gasteiger partial charge on any atom is -0.364 e. The first-order valence-corrected chi connectivity index (χ1v) is 7.58. The zero-order valence-corrected chi connectivity index (χ0v) is 13.7. The van der Waals surface area contributed by atoms with Gasteiger partial charge in [-0.1, -0.05) is 33.6 Å². The summed E-state index contributed by atoms with van der Waals surface area (Å²) in [6, 6.07) is 5.70. The number of fused-ring (bicyclic) bond motifs is 1.